The third-order valence-electron chi connectivity index (χ3n) is 3.39. The van der Waals surface area contributed by atoms with E-state index in [1.165, 1.54) is 0 Å². The lowest BCUT2D eigenvalue weighted by Gasteiger charge is -2.34. The molecule has 1 unspecified atom stereocenters. The molecular formula is C14H17BrN2O3. The van der Waals surface area contributed by atoms with Crippen molar-refractivity contribution in [1.82, 2.24) is 10.2 Å². The lowest BCUT2D eigenvalue weighted by atomic mass is 10.1. The van der Waals surface area contributed by atoms with Crippen LogP contribution in [0.1, 0.15) is 18.9 Å². The molecule has 5 nitrogen and oxygen atoms in total. The maximum atomic E-state index is 12.0. The molecule has 108 valence electrons. The molecule has 0 saturated carbocycles. The summed E-state index contributed by atoms with van der Waals surface area (Å²) in [7, 11) is 1.60. The second-order valence-electron chi connectivity index (χ2n) is 4.62. The Balaban J connectivity index is 2.26. The average molecular weight is 341 g/mol. The van der Waals surface area contributed by atoms with Gasteiger partial charge in [0.2, 0.25) is 11.8 Å². The number of ether oxygens (including phenoxy) is 1. The predicted molar refractivity (Wildman–Crippen MR) is 78.3 cm³/mol. The van der Waals surface area contributed by atoms with Gasteiger partial charge in [0.05, 0.1) is 13.7 Å². The highest BCUT2D eigenvalue weighted by molar-refractivity contribution is 9.10. The van der Waals surface area contributed by atoms with Gasteiger partial charge >= 0.3 is 0 Å². The second kappa shape index (κ2) is 6.26. The van der Waals surface area contributed by atoms with Crippen LogP contribution in [0.3, 0.4) is 0 Å². The minimum atomic E-state index is -0.408. The van der Waals surface area contributed by atoms with E-state index in [1.807, 2.05) is 25.1 Å². The number of carbonyl (C=O) groups is 2. The summed E-state index contributed by atoms with van der Waals surface area (Å²) in [5, 5.41) is 2.62. The Kier molecular flexibility index (Phi) is 4.65. The maximum Gasteiger partial charge on any atom is 0.243 e. The molecule has 6 heteroatoms. The van der Waals surface area contributed by atoms with Crippen LogP contribution in [-0.2, 0) is 16.1 Å². The summed E-state index contributed by atoms with van der Waals surface area (Å²) in [6, 6.07) is 5.19. The Hall–Kier alpha value is -1.56. The van der Waals surface area contributed by atoms with Crippen LogP contribution >= 0.6 is 15.9 Å². The molecule has 1 N–H and O–H groups in total. The summed E-state index contributed by atoms with van der Waals surface area (Å²) in [4.78, 5) is 25.5. The van der Waals surface area contributed by atoms with Crippen LogP contribution < -0.4 is 10.1 Å². The maximum absolute atomic E-state index is 12.0. The topological polar surface area (TPSA) is 58.6 Å². The third kappa shape index (κ3) is 2.95. The predicted octanol–water partition coefficient (Wildman–Crippen LogP) is 1.69. The summed E-state index contributed by atoms with van der Waals surface area (Å²) in [5.41, 5.74) is 0.922. The van der Waals surface area contributed by atoms with Gasteiger partial charge in [0.1, 0.15) is 11.8 Å². The SMILES string of the molecule is CCC1C(=O)NCC(=O)N1Cc1cc(OC)ccc1Br. The molecule has 1 saturated heterocycles. The van der Waals surface area contributed by atoms with Crippen molar-refractivity contribution in [3.63, 3.8) is 0 Å². The fourth-order valence-corrected chi connectivity index (χ4v) is 2.66. The van der Waals surface area contributed by atoms with Gasteiger partial charge in [-0.25, -0.2) is 0 Å². The molecule has 1 heterocycles. The second-order valence-corrected chi connectivity index (χ2v) is 5.48. The van der Waals surface area contributed by atoms with Crippen molar-refractivity contribution >= 4 is 27.7 Å². The van der Waals surface area contributed by atoms with E-state index in [-0.39, 0.29) is 18.4 Å². The number of methoxy groups -OCH3 is 1. The average Bonchev–Trinajstić information content (AvgIpc) is 2.45. The van der Waals surface area contributed by atoms with Gasteiger partial charge in [-0.3, -0.25) is 9.59 Å². The molecule has 0 radical (unpaired) electrons. The van der Waals surface area contributed by atoms with Gasteiger partial charge in [-0.05, 0) is 30.2 Å². The highest BCUT2D eigenvalue weighted by atomic mass is 79.9. The molecule has 0 aliphatic carbocycles. The van der Waals surface area contributed by atoms with Crippen molar-refractivity contribution < 1.29 is 14.3 Å². The van der Waals surface area contributed by atoms with E-state index in [0.717, 1.165) is 15.8 Å². The van der Waals surface area contributed by atoms with Crippen LogP contribution in [-0.4, -0.2) is 36.4 Å². The molecule has 1 fully saturated rings. The van der Waals surface area contributed by atoms with E-state index < -0.39 is 6.04 Å². The van der Waals surface area contributed by atoms with Crippen molar-refractivity contribution in [2.24, 2.45) is 0 Å². The number of nitrogens with zero attached hydrogens (tertiary/aromatic N) is 1. The van der Waals surface area contributed by atoms with E-state index >= 15 is 0 Å². The summed E-state index contributed by atoms with van der Waals surface area (Å²) in [6.07, 6.45) is 0.596. The molecule has 0 spiro atoms. The fraction of sp³-hybridized carbons (Fsp3) is 0.429. The van der Waals surface area contributed by atoms with E-state index in [9.17, 15) is 9.59 Å². The van der Waals surface area contributed by atoms with Crippen LogP contribution in [0.5, 0.6) is 5.75 Å². The van der Waals surface area contributed by atoms with Crippen LogP contribution in [0.15, 0.2) is 22.7 Å². The lowest BCUT2D eigenvalue weighted by Crippen LogP contribution is -2.57. The summed E-state index contributed by atoms with van der Waals surface area (Å²) >= 11 is 3.47. The molecule has 1 aliphatic rings. The zero-order valence-electron chi connectivity index (χ0n) is 11.5. The first kappa shape index (κ1) is 14.8. The number of hydrogen-bond acceptors (Lipinski definition) is 3. The number of benzene rings is 1. The molecule has 2 rings (SSSR count). The van der Waals surface area contributed by atoms with Gasteiger partial charge in [-0.15, -0.1) is 0 Å². The number of carbonyl (C=O) groups excluding carboxylic acids is 2. The van der Waals surface area contributed by atoms with Gasteiger partial charge in [0, 0.05) is 11.0 Å². The lowest BCUT2D eigenvalue weighted by molar-refractivity contribution is -0.146. The number of nitrogens with one attached hydrogen (secondary N) is 1. The molecule has 1 atom stereocenters. The van der Waals surface area contributed by atoms with Gasteiger partial charge in [0.25, 0.3) is 0 Å². The number of halogens is 1. The van der Waals surface area contributed by atoms with Crippen molar-refractivity contribution in [2.45, 2.75) is 25.9 Å². The number of rotatable bonds is 4. The Bertz CT molecular complexity index is 533. The number of piperazine rings is 1. The van der Waals surface area contributed by atoms with Crippen LogP contribution in [0.25, 0.3) is 0 Å². The fourth-order valence-electron chi connectivity index (χ4n) is 2.28. The number of amides is 2. The van der Waals surface area contributed by atoms with Crippen LogP contribution in [0.2, 0.25) is 0 Å². The van der Waals surface area contributed by atoms with Gasteiger partial charge in [-0.2, -0.15) is 0 Å². The first-order valence-electron chi connectivity index (χ1n) is 6.46. The molecule has 1 aromatic rings. The Morgan fingerprint density at radius 1 is 1.45 bits per heavy atom. The first-order valence-corrected chi connectivity index (χ1v) is 7.25. The van der Waals surface area contributed by atoms with E-state index in [1.54, 1.807) is 12.0 Å². The Labute approximate surface area is 126 Å². The summed E-state index contributed by atoms with van der Waals surface area (Å²) < 4.78 is 6.09. The normalized spacial score (nSPS) is 18.9. The standard InChI is InChI=1S/C14H17BrN2O3/c1-3-12-14(19)16-7-13(18)17(12)8-9-6-10(20-2)4-5-11(9)15/h4-6,12H,3,7-8H2,1-2H3,(H,16,19). The largest absolute Gasteiger partial charge is 0.497 e. The van der Waals surface area contributed by atoms with Crippen molar-refractivity contribution in [3.05, 3.63) is 28.2 Å². The smallest absolute Gasteiger partial charge is 0.243 e. The molecular weight excluding hydrogens is 324 g/mol. The summed E-state index contributed by atoms with van der Waals surface area (Å²) in [6.45, 7) is 2.36. The summed E-state index contributed by atoms with van der Waals surface area (Å²) in [5.74, 6) is 0.572. The highest BCUT2D eigenvalue weighted by Gasteiger charge is 2.33. The van der Waals surface area contributed by atoms with Crippen LogP contribution in [0, 0.1) is 0 Å². The van der Waals surface area contributed by atoms with Crippen molar-refractivity contribution in [3.8, 4) is 5.75 Å². The molecule has 0 aromatic heterocycles. The van der Waals surface area contributed by atoms with E-state index in [4.69, 9.17) is 4.74 Å². The molecule has 2 amide bonds. The van der Waals surface area contributed by atoms with Gasteiger partial charge < -0.3 is 15.0 Å². The monoisotopic (exact) mass is 340 g/mol. The molecule has 1 aromatic carbocycles. The van der Waals surface area contributed by atoms with Gasteiger partial charge in [-0.1, -0.05) is 22.9 Å². The molecule has 0 bridgehead atoms. The Morgan fingerprint density at radius 2 is 2.20 bits per heavy atom. The van der Waals surface area contributed by atoms with E-state index in [2.05, 4.69) is 21.2 Å². The van der Waals surface area contributed by atoms with Crippen molar-refractivity contribution in [1.29, 1.82) is 0 Å². The van der Waals surface area contributed by atoms with E-state index in [0.29, 0.717) is 13.0 Å². The zero-order valence-corrected chi connectivity index (χ0v) is 13.1. The zero-order chi connectivity index (χ0) is 14.7. The quantitative estimate of drug-likeness (QED) is 0.907. The van der Waals surface area contributed by atoms with Gasteiger partial charge in [0.15, 0.2) is 0 Å². The third-order valence-corrected chi connectivity index (χ3v) is 4.17. The molecule has 1 aliphatic heterocycles. The minimum absolute atomic E-state index is 0.0637. The minimum Gasteiger partial charge on any atom is -0.497 e. The van der Waals surface area contributed by atoms with Crippen molar-refractivity contribution in [2.75, 3.05) is 13.7 Å². The highest BCUT2D eigenvalue weighted by Crippen LogP contribution is 2.25. The molecule has 20 heavy (non-hydrogen) atoms. The number of hydrogen-bond donors (Lipinski definition) is 1. The van der Waals surface area contributed by atoms with Crippen LogP contribution in [0.4, 0.5) is 0 Å². The Morgan fingerprint density at radius 3 is 2.85 bits per heavy atom. The first-order chi connectivity index (χ1) is 9.56.